The number of hydrogen-bond donors (Lipinski definition) is 2. The molecule has 0 radical (unpaired) electrons. The van der Waals surface area contributed by atoms with E-state index < -0.39 is 17.8 Å². The van der Waals surface area contributed by atoms with Gasteiger partial charge < -0.3 is 9.64 Å². The Hall–Kier alpha value is -3.46. The molecular formula is C27H35N5O4. The van der Waals surface area contributed by atoms with Crippen molar-refractivity contribution < 1.29 is 19.1 Å². The smallest absolute Gasteiger partial charge is 0.337 e. The van der Waals surface area contributed by atoms with Crippen LogP contribution in [-0.4, -0.2) is 67.0 Å². The van der Waals surface area contributed by atoms with Gasteiger partial charge in [0.25, 0.3) is 11.8 Å². The highest BCUT2D eigenvalue weighted by atomic mass is 16.5. The number of hydrazine groups is 1. The lowest BCUT2D eigenvalue weighted by molar-refractivity contribution is 0.0600. The monoisotopic (exact) mass is 493 g/mol. The fourth-order valence-corrected chi connectivity index (χ4v) is 5.17. The van der Waals surface area contributed by atoms with Crippen molar-refractivity contribution in [2.24, 2.45) is 5.92 Å². The molecule has 192 valence electrons. The van der Waals surface area contributed by atoms with Crippen LogP contribution < -0.4 is 15.8 Å². The summed E-state index contributed by atoms with van der Waals surface area (Å²) in [6, 6.07) is 10.1. The molecule has 0 bridgehead atoms. The molecule has 2 aromatic rings. The van der Waals surface area contributed by atoms with Crippen molar-refractivity contribution in [2.75, 3.05) is 38.2 Å². The first-order valence-electron chi connectivity index (χ1n) is 12.7. The van der Waals surface area contributed by atoms with Gasteiger partial charge in [-0.05, 0) is 68.0 Å². The summed E-state index contributed by atoms with van der Waals surface area (Å²) in [7, 11) is 1.29. The third-order valence-electron chi connectivity index (χ3n) is 7.41. The summed E-state index contributed by atoms with van der Waals surface area (Å²) in [5.74, 6) is 0.108. The Morgan fingerprint density at radius 3 is 2.19 bits per heavy atom. The normalized spacial score (nSPS) is 20.4. The number of amides is 2. The number of nitrogens with one attached hydrogen (secondary N) is 2. The Morgan fingerprint density at radius 2 is 1.56 bits per heavy atom. The van der Waals surface area contributed by atoms with Crippen LogP contribution in [0.5, 0.6) is 0 Å². The number of ether oxygens (including phenoxy) is 1. The van der Waals surface area contributed by atoms with Gasteiger partial charge >= 0.3 is 5.97 Å². The van der Waals surface area contributed by atoms with Gasteiger partial charge in [0.05, 0.1) is 18.2 Å². The summed E-state index contributed by atoms with van der Waals surface area (Å²) in [5, 5.41) is 0. The number of benzene rings is 1. The molecule has 4 rings (SSSR count). The average Bonchev–Trinajstić information content (AvgIpc) is 2.95. The molecule has 2 N–H and O–H groups in total. The molecule has 36 heavy (non-hydrogen) atoms. The average molecular weight is 494 g/mol. The van der Waals surface area contributed by atoms with Crippen LogP contribution in [0.25, 0.3) is 0 Å². The van der Waals surface area contributed by atoms with Crippen molar-refractivity contribution in [1.29, 1.82) is 0 Å². The van der Waals surface area contributed by atoms with E-state index in [0.717, 1.165) is 32.1 Å². The fourth-order valence-electron chi connectivity index (χ4n) is 5.17. The Kier molecular flexibility index (Phi) is 8.53. The summed E-state index contributed by atoms with van der Waals surface area (Å²) in [4.78, 5) is 46.2. The zero-order valence-corrected chi connectivity index (χ0v) is 21.0. The van der Waals surface area contributed by atoms with Crippen LogP contribution in [0.1, 0.15) is 70.1 Å². The SMILES string of the molecule is CCC1CCC(N2CCN(c3ncccc3C(=O)NNC(=O)c3ccc(C(=O)OC)cc3)CC2)CC1. The Balaban J connectivity index is 1.32. The van der Waals surface area contributed by atoms with E-state index in [9.17, 15) is 14.4 Å². The third-order valence-corrected chi connectivity index (χ3v) is 7.41. The molecule has 9 nitrogen and oxygen atoms in total. The van der Waals surface area contributed by atoms with E-state index in [4.69, 9.17) is 0 Å². The van der Waals surface area contributed by atoms with E-state index >= 15 is 0 Å². The number of esters is 1. The van der Waals surface area contributed by atoms with Gasteiger partial charge in [0, 0.05) is 44.0 Å². The van der Waals surface area contributed by atoms with Crippen LogP contribution in [0.4, 0.5) is 5.82 Å². The number of anilines is 1. The Labute approximate surface area is 212 Å². The van der Waals surface area contributed by atoms with Crippen molar-refractivity contribution >= 4 is 23.6 Å². The van der Waals surface area contributed by atoms with Crippen molar-refractivity contribution in [1.82, 2.24) is 20.7 Å². The maximum Gasteiger partial charge on any atom is 0.337 e. The topological polar surface area (TPSA) is 104 Å². The van der Waals surface area contributed by atoms with Gasteiger partial charge in [-0.15, -0.1) is 0 Å². The van der Waals surface area contributed by atoms with Gasteiger partial charge in [0.2, 0.25) is 0 Å². The van der Waals surface area contributed by atoms with Gasteiger partial charge in [-0.25, -0.2) is 9.78 Å². The molecule has 2 heterocycles. The molecule has 1 aromatic carbocycles. The highest BCUT2D eigenvalue weighted by Crippen LogP contribution is 2.30. The Morgan fingerprint density at radius 1 is 0.917 bits per heavy atom. The van der Waals surface area contributed by atoms with Crippen LogP contribution >= 0.6 is 0 Å². The largest absolute Gasteiger partial charge is 0.465 e. The minimum absolute atomic E-state index is 0.304. The number of nitrogens with zero attached hydrogens (tertiary/aromatic N) is 3. The van der Waals surface area contributed by atoms with Gasteiger partial charge in [-0.1, -0.05) is 13.3 Å². The lowest BCUT2D eigenvalue weighted by Gasteiger charge is -2.42. The second-order valence-corrected chi connectivity index (χ2v) is 9.46. The van der Waals surface area contributed by atoms with Crippen LogP contribution in [-0.2, 0) is 4.74 Å². The first kappa shape index (κ1) is 25.6. The summed E-state index contributed by atoms with van der Waals surface area (Å²) in [6.45, 7) is 5.82. The number of piperazine rings is 1. The molecule has 9 heteroatoms. The van der Waals surface area contributed by atoms with E-state index in [2.05, 4.69) is 37.3 Å². The molecule has 0 unspecified atom stereocenters. The van der Waals surface area contributed by atoms with Gasteiger partial charge in [0.1, 0.15) is 5.82 Å². The molecule has 2 amide bonds. The summed E-state index contributed by atoms with van der Waals surface area (Å²) in [6.07, 6.45) is 8.18. The summed E-state index contributed by atoms with van der Waals surface area (Å²) < 4.78 is 4.66. The van der Waals surface area contributed by atoms with Crippen LogP contribution in [0.2, 0.25) is 0 Å². The molecule has 0 atom stereocenters. The van der Waals surface area contributed by atoms with Crippen LogP contribution in [0.3, 0.4) is 0 Å². The van der Waals surface area contributed by atoms with E-state index in [1.54, 1.807) is 18.3 Å². The van der Waals surface area contributed by atoms with Crippen molar-refractivity contribution in [2.45, 2.75) is 45.1 Å². The van der Waals surface area contributed by atoms with Crippen LogP contribution in [0.15, 0.2) is 42.6 Å². The van der Waals surface area contributed by atoms with E-state index in [-0.39, 0.29) is 0 Å². The van der Waals surface area contributed by atoms with Crippen LogP contribution in [0, 0.1) is 5.92 Å². The quantitative estimate of drug-likeness (QED) is 0.471. The maximum absolute atomic E-state index is 12.9. The van der Waals surface area contributed by atoms with Gasteiger partial charge in [-0.2, -0.15) is 0 Å². The van der Waals surface area contributed by atoms with E-state index in [1.165, 1.54) is 63.5 Å². The molecule has 1 saturated carbocycles. The minimum Gasteiger partial charge on any atom is -0.465 e. The lowest BCUT2D eigenvalue weighted by Crippen LogP contribution is -2.52. The fraction of sp³-hybridized carbons (Fsp3) is 0.481. The molecule has 1 aliphatic carbocycles. The zero-order chi connectivity index (χ0) is 25.5. The maximum atomic E-state index is 12.9. The molecular weight excluding hydrogens is 458 g/mol. The summed E-state index contributed by atoms with van der Waals surface area (Å²) in [5.41, 5.74) is 5.98. The second-order valence-electron chi connectivity index (χ2n) is 9.46. The third kappa shape index (κ3) is 6.02. The highest BCUT2D eigenvalue weighted by Gasteiger charge is 2.29. The first-order valence-corrected chi connectivity index (χ1v) is 12.7. The standard InChI is InChI=1S/C27H35N5O4/c1-3-19-6-12-22(13-7-19)31-15-17-32(18-16-31)24-23(5-4-14-28-24)26(34)30-29-25(33)20-8-10-21(11-9-20)27(35)36-2/h4-5,8-11,14,19,22H,3,6-7,12-13,15-18H2,1-2H3,(H,29,33)(H,30,34). The molecule has 2 fully saturated rings. The summed E-state index contributed by atoms with van der Waals surface area (Å²) >= 11 is 0. The lowest BCUT2D eigenvalue weighted by atomic mass is 9.84. The van der Waals surface area contributed by atoms with Gasteiger partial charge in [0.15, 0.2) is 0 Å². The molecule has 2 aliphatic rings. The number of carbonyl (C=O) groups is 3. The first-order chi connectivity index (χ1) is 17.5. The number of hydrogen-bond acceptors (Lipinski definition) is 7. The van der Waals surface area contributed by atoms with Gasteiger partial charge in [-0.3, -0.25) is 25.3 Å². The van der Waals surface area contributed by atoms with Crippen molar-refractivity contribution in [3.05, 3.63) is 59.3 Å². The van der Waals surface area contributed by atoms with E-state index in [1.807, 2.05) is 0 Å². The molecule has 0 spiro atoms. The number of pyridine rings is 1. The van der Waals surface area contributed by atoms with Crippen molar-refractivity contribution in [3.63, 3.8) is 0 Å². The Bertz CT molecular complexity index is 1060. The minimum atomic E-state index is -0.489. The van der Waals surface area contributed by atoms with E-state index in [0.29, 0.717) is 28.6 Å². The highest BCUT2D eigenvalue weighted by molar-refractivity contribution is 6.02. The number of rotatable bonds is 6. The number of carbonyl (C=O) groups excluding carboxylic acids is 3. The molecule has 1 saturated heterocycles. The molecule has 1 aromatic heterocycles. The number of methoxy groups -OCH3 is 1. The predicted molar refractivity (Wildman–Crippen MR) is 137 cm³/mol. The zero-order valence-electron chi connectivity index (χ0n) is 21.0. The number of aromatic nitrogens is 1. The van der Waals surface area contributed by atoms with Crippen molar-refractivity contribution in [3.8, 4) is 0 Å². The second kappa shape index (κ2) is 12.0. The predicted octanol–water partition coefficient (Wildman–Crippen LogP) is 3.03. The molecule has 1 aliphatic heterocycles.